The van der Waals surface area contributed by atoms with Crippen LogP contribution in [0.25, 0.3) is 11.1 Å². The van der Waals surface area contributed by atoms with Crippen LogP contribution in [0, 0.1) is 20.8 Å². The number of amides is 1. The van der Waals surface area contributed by atoms with E-state index >= 15 is 0 Å². The van der Waals surface area contributed by atoms with Crippen molar-refractivity contribution in [1.82, 2.24) is 0 Å². The Kier molecular flexibility index (Phi) is 5.95. The first-order valence-corrected chi connectivity index (χ1v) is 10.6. The standard InChI is InChI=1S/C28H26N2O2/c1-18-7-14-24(17-26(18)30-27-19(2)5-4-6-20(27)3)29-28(32)23-10-8-21(9-11-23)22-12-15-25(31)16-13-22/h4-17,30-31H,1-3H3,(H,29,32). The summed E-state index contributed by atoms with van der Waals surface area (Å²) in [7, 11) is 0. The second-order valence-corrected chi connectivity index (χ2v) is 8.00. The molecule has 0 saturated carbocycles. The van der Waals surface area contributed by atoms with Gasteiger partial charge in [-0.15, -0.1) is 0 Å². The third kappa shape index (κ3) is 4.65. The summed E-state index contributed by atoms with van der Waals surface area (Å²) in [5.74, 6) is 0.0680. The lowest BCUT2D eigenvalue weighted by molar-refractivity contribution is 0.102. The number of anilines is 3. The van der Waals surface area contributed by atoms with E-state index in [1.54, 1.807) is 12.1 Å². The molecule has 4 aromatic rings. The van der Waals surface area contributed by atoms with Gasteiger partial charge in [-0.2, -0.15) is 0 Å². The van der Waals surface area contributed by atoms with Gasteiger partial charge in [-0.3, -0.25) is 4.79 Å². The highest BCUT2D eigenvalue weighted by molar-refractivity contribution is 6.04. The van der Waals surface area contributed by atoms with E-state index in [0.29, 0.717) is 5.56 Å². The highest BCUT2D eigenvalue weighted by Gasteiger charge is 2.10. The van der Waals surface area contributed by atoms with Gasteiger partial charge in [0.1, 0.15) is 5.75 Å². The molecule has 0 atom stereocenters. The molecule has 0 fully saturated rings. The third-order valence-electron chi connectivity index (χ3n) is 5.58. The van der Waals surface area contributed by atoms with Crippen molar-refractivity contribution in [2.45, 2.75) is 20.8 Å². The van der Waals surface area contributed by atoms with Crippen molar-refractivity contribution in [3.05, 3.63) is 107 Å². The second-order valence-electron chi connectivity index (χ2n) is 8.00. The van der Waals surface area contributed by atoms with Crippen LogP contribution in [0.5, 0.6) is 5.75 Å². The number of carbonyl (C=O) groups excluding carboxylic acids is 1. The van der Waals surface area contributed by atoms with Gasteiger partial charge in [0.2, 0.25) is 0 Å². The van der Waals surface area contributed by atoms with Gasteiger partial charge in [0.05, 0.1) is 0 Å². The van der Waals surface area contributed by atoms with E-state index in [0.717, 1.165) is 33.8 Å². The van der Waals surface area contributed by atoms with Crippen LogP contribution in [0.2, 0.25) is 0 Å². The number of aromatic hydroxyl groups is 1. The van der Waals surface area contributed by atoms with Gasteiger partial charge >= 0.3 is 0 Å². The van der Waals surface area contributed by atoms with E-state index in [-0.39, 0.29) is 11.7 Å². The summed E-state index contributed by atoms with van der Waals surface area (Å²) >= 11 is 0. The van der Waals surface area contributed by atoms with Crippen molar-refractivity contribution in [1.29, 1.82) is 0 Å². The van der Waals surface area contributed by atoms with Gasteiger partial charge in [0.15, 0.2) is 0 Å². The Morgan fingerprint density at radius 1 is 0.719 bits per heavy atom. The summed E-state index contributed by atoms with van der Waals surface area (Å²) in [6.45, 7) is 6.21. The SMILES string of the molecule is Cc1ccc(NC(=O)c2ccc(-c3ccc(O)cc3)cc2)cc1Nc1c(C)cccc1C. The first-order valence-electron chi connectivity index (χ1n) is 10.6. The first-order chi connectivity index (χ1) is 15.4. The van der Waals surface area contributed by atoms with Crippen molar-refractivity contribution in [2.24, 2.45) is 0 Å². The lowest BCUT2D eigenvalue weighted by Gasteiger charge is -2.16. The molecule has 32 heavy (non-hydrogen) atoms. The van der Waals surface area contributed by atoms with Crippen molar-refractivity contribution in [3.8, 4) is 16.9 Å². The lowest BCUT2D eigenvalue weighted by Crippen LogP contribution is -2.12. The van der Waals surface area contributed by atoms with E-state index in [9.17, 15) is 9.90 Å². The molecule has 160 valence electrons. The normalized spacial score (nSPS) is 10.6. The molecule has 0 saturated heterocycles. The predicted molar refractivity (Wildman–Crippen MR) is 132 cm³/mol. The molecule has 0 bridgehead atoms. The number of para-hydroxylation sites is 1. The number of hydrogen-bond donors (Lipinski definition) is 3. The van der Waals surface area contributed by atoms with E-state index in [4.69, 9.17) is 0 Å². The molecule has 1 amide bonds. The van der Waals surface area contributed by atoms with Crippen LogP contribution in [0.4, 0.5) is 17.1 Å². The fourth-order valence-corrected chi connectivity index (χ4v) is 3.65. The monoisotopic (exact) mass is 422 g/mol. The maximum absolute atomic E-state index is 12.8. The van der Waals surface area contributed by atoms with Crippen LogP contribution in [-0.4, -0.2) is 11.0 Å². The minimum Gasteiger partial charge on any atom is -0.508 e. The smallest absolute Gasteiger partial charge is 0.255 e. The molecule has 4 rings (SSSR count). The molecule has 0 aliphatic carbocycles. The van der Waals surface area contributed by atoms with Crippen molar-refractivity contribution >= 4 is 23.0 Å². The summed E-state index contributed by atoms with van der Waals surface area (Å²) in [4.78, 5) is 12.8. The molecular weight excluding hydrogens is 396 g/mol. The zero-order chi connectivity index (χ0) is 22.7. The minimum atomic E-state index is -0.163. The number of carbonyl (C=O) groups is 1. The zero-order valence-corrected chi connectivity index (χ0v) is 18.4. The summed E-state index contributed by atoms with van der Waals surface area (Å²) < 4.78 is 0. The van der Waals surface area contributed by atoms with Gasteiger partial charge in [-0.1, -0.05) is 48.5 Å². The van der Waals surface area contributed by atoms with Gasteiger partial charge in [-0.25, -0.2) is 0 Å². The molecule has 0 unspecified atom stereocenters. The Labute approximate surface area is 188 Å². The quantitative estimate of drug-likeness (QED) is 0.325. The molecule has 0 heterocycles. The Morgan fingerprint density at radius 3 is 1.94 bits per heavy atom. The highest BCUT2D eigenvalue weighted by Crippen LogP contribution is 2.29. The number of phenolic OH excluding ortho intramolecular Hbond substituents is 1. The van der Waals surface area contributed by atoms with Crippen molar-refractivity contribution in [3.63, 3.8) is 0 Å². The number of hydrogen-bond acceptors (Lipinski definition) is 3. The molecule has 0 aliphatic rings. The Morgan fingerprint density at radius 2 is 1.31 bits per heavy atom. The maximum Gasteiger partial charge on any atom is 0.255 e. The second kappa shape index (κ2) is 8.98. The molecule has 0 radical (unpaired) electrons. The van der Waals surface area contributed by atoms with E-state index in [2.05, 4.69) is 36.6 Å². The van der Waals surface area contributed by atoms with Crippen molar-refractivity contribution < 1.29 is 9.90 Å². The molecule has 4 heteroatoms. The molecule has 0 aliphatic heterocycles. The zero-order valence-electron chi connectivity index (χ0n) is 18.4. The fraction of sp³-hybridized carbons (Fsp3) is 0.107. The molecule has 4 aromatic carbocycles. The van der Waals surface area contributed by atoms with Crippen molar-refractivity contribution in [2.75, 3.05) is 10.6 Å². The number of nitrogens with one attached hydrogen (secondary N) is 2. The first kappa shape index (κ1) is 21.2. The van der Waals surface area contributed by atoms with E-state index in [1.165, 1.54) is 11.1 Å². The number of aryl methyl sites for hydroxylation is 3. The Balaban J connectivity index is 1.51. The summed E-state index contributed by atoms with van der Waals surface area (Å²) in [6, 6.07) is 26.5. The van der Waals surface area contributed by atoms with Gasteiger partial charge in [0, 0.05) is 22.6 Å². The van der Waals surface area contributed by atoms with E-state index in [1.807, 2.05) is 67.6 Å². The molecule has 0 spiro atoms. The topological polar surface area (TPSA) is 61.4 Å². The average Bonchev–Trinajstić information content (AvgIpc) is 2.79. The molecule has 4 nitrogen and oxygen atoms in total. The van der Waals surface area contributed by atoms with Crippen LogP contribution in [0.1, 0.15) is 27.0 Å². The summed E-state index contributed by atoms with van der Waals surface area (Å²) in [6.07, 6.45) is 0. The number of benzene rings is 4. The van der Waals surface area contributed by atoms with Crippen LogP contribution in [0.3, 0.4) is 0 Å². The van der Waals surface area contributed by atoms with Gasteiger partial charge in [-0.05, 0) is 85.0 Å². The molecule has 0 aromatic heterocycles. The fourth-order valence-electron chi connectivity index (χ4n) is 3.65. The van der Waals surface area contributed by atoms with Gasteiger partial charge in [0.25, 0.3) is 5.91 Å². The van der Waals surface area contributed by atoms with Crippen LogP contribution in [-0.2, 0) is 0 Å². The van der Waals surface area contributed by atoms with Crippen LogP contribution in [0.15, 0.2) is 84.9 Å². The molecule has 3 N–H and O–H groups in total. The number of phenols is 1. The predicted octanol–water partition coefficient (Wildman–Crippen LogP) is 6.98. The van der Waals surface area contributed by atoms with Crippen LogP contribution >= 0.6 is 0 Å². The third-order valence-corrected chi connectivity index (χ3v) is 5.58. The van der Waals surface area contributed by atoms with E-state index < -0.39 is 0 Å². The number of rotatable bonds is 5. The summed E-state index contributed by atoms with van der Waals surface area (Å²) in [5.41, 5.74) is 8.78. The van der Waals surface area contributed by atoms with Gasteiger partial charge < -0.3 is 15.7 Å². The Hall–Kier alpha value is -4.05. The molecular formula is C28H26N2O2. The average molecular weight is 423 g/mol. The summed E-state index contributed by atoms with van der Waals surface area (Å²) in [5, 5.41) is 16.0. The Bertz CT molecular complexity index is 1240. The maximum atomic E-state index is 12.8. The highest BCUT2D eigenvalue weighted by atomic mass is 16.3. The minimum absolute atomic E-state index is 0.163. The van der Waals surface area contributed by atoms with Crippen LogP contribution < -0.4 is 10.6 Å². The lowest BCUT2D eigenvalue weighted by atomic mass is 10.0. The largest absolute Gasteiger partial charge is 0.508 e.